The molecule has 11 heteroatoms. The topological polar surface area (TPSA) is 99.7 Å². The second-order valence-corrected chi connectivity index (χ2v) is 11.7. The van der Waals surface area contributed by atoms with Crippen molar-refractivity contribution in [1.82, 2.24) is 25.1 Å². The van der Waals surface area contributed by atoms with Crippen LogP contribution in [-0.4, -0.2) is 88.7 Å². The molecule has 3 atom stereocenters. The minimum Gasteiger partial charge on any atom is -0.508 e. The minimum absolute atomic E-state index is 0.0509. The van der Waals surface area contributed by atoms with Crippen molar-refractivity contribution >= 4 is 35.1 Å². The number of rotatable bonds is 7. The molecule has 0 aromatic heterocycles. The van der Waals surface area contributed by atoms with Crippen LogP contribution < -0.4 is 10.2 Å². The number of likely N-dealkylation sites (N-methyl/N-ethyl adjacent to an activating group) is 1. The fourth-order valence-corrected chi connectivity index (χ4v) is 6.16. The van der Waals surface area contributed by atoms with Crippen LogP contribution in [0.5, 0.6) is 5.75 Å². The van der Waals surface area contributed by atoms with E-state index in [0.29, 0.717) is 11.6 Å². The molecule has 3 aromatic rings. The molecule has 2 N–H and O–H groups in total. The van der Waals surface area contributed by atoms with Gasteiger partial charge in [-0.15, -0.1) is 0 Å². The predicted octanol–water partition coefficient (Wildman–Crippen LogP) is 3.68. The van der Waals surface area contributed by atoms with E-state index in [9.17, 15) is 19.5 Å². The van der Waals surface area contributed by atoms with Gasteiger partial charge in [0.1, 0.15) is 18.0 Å². The average Bonchev–Trinajstić information content (AvgIpc) is 2.98. The van der Waals surface area contributed by atoms with Crippen LogP contribution in [0.4, 0.5) is 10.5 Å². The molecule has 0 bridgehead atoms. The zero-order chi connectivity index (χ0) is 30.8. The molecule has 4 amide bonds. The number of amides is 4. The third kappa shape index (κ3) is 6.25. The van der Waals surface area contributed by atoms with Crippen molar-refractivity contribution in [3.63, 3.8) is 0 Å². The number of hydrazine groups is 1. The number of aromatic hydroxyl groups is 1. The van der Waals surface area contributed by atoms with Crippen LogP contribution in [0.25, 0.3) is 0 Å². The van der Waals surface area contributed by atoms with Gasteiger partial charge >= 0.3 is 6.03 Å². The van der Waals surface area contributed by atoms with Gasteiger partial charge in [0.15, 0.2) is 0 Å². The Morgan fingerprint density at radius 3 is 2.35 bits per heavy atom. The molecular formula is C32H37ClN6O4. The van der Waals surface area contributed by atoms with E-state index < -0.39 is 18.2 Å². The molecule has 0 radical (unpaired) electrons. The van der Waals surface area contributed by atoms with Crippen LogP contribution in [0.15, 0.2) is 72.8 Å². The van der Waals surface area contributed by atoms with Gasteiger partial charge in [0.2, 0.25) is 11.8 Å². The Morgan fingerprint density at radius 1 is 1.00 bits per heavy atom. The van der Waals surface area contributed by atoms with Gasteiger partial charge in [0.25, 0.3) is 0 Å². The Kier molecular flexibility index (Phi) is 8.79. The number of carbonyl (C=O) groups is 3. The smallest absolute Gasteiger partial charge is 0.334 e. The summed E-state index contributed by atoms with van der Waals surface area (Å²) in [5.74, 6) is -0.325. The molecule has 2 aliphatic heterocycles. The standard InChI is InChI=1S/C32H37ClN6O4/c1-21-30-38(29(41)20-36(4)39(30)32(43)34-18-23-8-6-5-7-9-23)28(16-22-10-13-25(40)14-11-22)31(42)37(21)19-24-12-15-26(33)27(17-24)35(2)3/h5-15,17,21,28,30,40H,16,18-20H2,1-4H3,(H,34,43)/t21-,28+,30+/m1/s1. The van der Waals surface area contributed by atoms with Crippen molar-refractivity contribution < 1.29 is 19.5 Å². The van der Waals surface area contributed by atoms with Crippen LogP contribution >= 0.6 is 11.6 Å². The van der Waals surface area contributed by atoms with Crippen molar-refractivity contribution in [3.05, 3.63) is 94.5 Å². The van der Waals surface area contributed by atoms with Gasteiger partial charge in [-0.05, 0) is 47.9 Å². The summed E-state index contributed by atoms with van der Waals surface area (Å²) in [6.45, 7) is 2.41. The van der Waals surface area contributed by atoms with Crippen molar-refractivity contribution in [2.75, 3.05) is 32.6 Å². The van der Waals surface area contributed by atoms with E-state index in [1.807, 2.05) is 74.4 Å². The molecule has 2 fully saturated rings. The molecule has 2 aliphatic rings. The minimum atomic E-state index is -0.850. The Labute approximate surface area is 257 Å². The molecular weight excluding hydrogens is 568 g/mol. The molecule has 0 saturated carbocycles. The van der Waals surface area contributed by atoms with E-state index in [4.69, 9.17) is 11.6 Å². The van der Waals surface area contributed by atoms with Gasteiger partial charge in [-0.25, -0.2) is 14.8 Å². The van der Waals surface area contributed by atoms with Crippen molar-refractivity contribution in [2.45, 2.75) is 44.7 Å². The molecule has 10 nitrogen and oxygen atoms in total. The van der Waals surface area contributed by atoms with Crippen LogP contribution in [-0.2, 0) is 29.1 Å². The quantitative estimate of drug-likeness (QED) is 0.427. The van der Waals surface area contributed by atoms with Crippen molar-refractivity contribution in [2.24, 2.45) is 0 Å². The number of carbonyl (C=O) groups excluding carboxylic acids is 3. The van der Waals surface area contributed by atoms with Gasteiger partial charge in [-0.1, -0.05) is 60.1 Å². The first kappa shape index (κ1) is 30.2. The summed E-state index contributed by atoms with van der Waals surface area (Å²) < 4.78 is 0. The lowest BCUT2D eigenvalue weighted by Crippen LogP contribution is -2.78. The zero-order valence-electron chi connectivity index (χ0n) is 24.8. The molecule has 0 unspecified atom stereocenters. The lowest BCUT2D eigenvalue weighted by Gasteiger charge is -2.57. The fraction of sp³-hybridized carbons (Fsp3) is 0.344. The van der Waals surface area contributed by atoms with Gasteiger partial charge in [0.05, 0.1) is 23.3 Å². The Morgan fingerprint density at radius 2 is 1.67 bits per heavy atom. The average molecular weight is 605 g/mol. The van der Waals surface area contributed by atoms with E-state index in [1.54, 1.807) is 51.1 Å². The summed E-state index contributed by atoms with van der Waals surface area (Å²) in [5.41, 5.74) is 3.44. The normalized spacial score (nSPS) is 20.7. The highest BCUT2D eigenvalue weighted by molar-refractivity contribution is 6.33. The first-order valence-corrected chi connectivity index (χ1v) is 14.6. The van der Waals surface area contributed by atoms with E-state index >= 15 is 0 Å². The molecule has 3 aromatic carbocycles. The van der Waals surface area contributed by atoms with E-state index in [0.717, 1.165) is 22.4 Å². The molecule has 2 saturated heterocycles. The van der Waals surface area contributed by atoms with Gasteiger partial charge in [-0.2, -0.15) is 0 Å². The molecule has 5 rings (SSSR count). The number of anilines is 1. The maximum atomic E-state index is 14.3. The number of phenolic OH excluding ortho intramolecular Hbond substituents is 1. The Bertz CT molecular complexity index is 1480. The maximum Gasteiger partial charge on any atom is 0.334 e. The number of phenols is 1. The highest BCUT2D eigenvalue weighted by Crippen LogP contribution is 2.34. The van der Waals surface area contributed by atoms with E-state index in [-0.39, 0.29) is 43.1 Å². The molecule has 2 heterocycles. The summed E-state index contributed by atoms with van der Waals surface area (Å²) in [4.78, 5) is 46.9. The first-order valence-electron chi connectivity index (χ1n) is 14.2. The van der Waals surface area contributed by atoms with Gasteiger partial charge < -0.3 is 25.1 Å². The Hall–Kier alpha value is -4.28. The molecule has 0 spiro atoms. The third-order valence-corrected chi connectivity index (χ3v) is 8.41. The number of benzene rings is 3. The SMILES string of the molecule is C[C@@H]1[C@H]2N(C(=O)CN(C)N2C(=O)NCc2ccccc2)[C@@H](Cc2ccc(O)cc2)C(=O)N1Cc1ccc(Cl)c(N(C)C)c1. The zero-order valence-corrected chi connectivity index (χ0v) is 25.5. The lowest BCUT2D eigenvalue weighted by atomic mass is 9.94. The van der Waals surface area contributed by atoms with Gasteiger partial charge in [-0.3, -0.25) is 9.59 Å². The third-order valence-electron chi connectivity index (χ3n) is 8.09. The summed E-state index contributed by atoms with van der Waals surface area (Å²) in [6, 6.07) is 20.1. The van der Waals surface area contributed by atoms with Crippen LogP contribution in [0.2, 0.25) is 5.02 Å². The number of hydrogen-bond donors (Lipinski definition) is 2. The van der Waals surface area contributed by atoms with Crippen molar-refractivity contribution in [1.29, 1.82) is 0 Å². The number of urea groups is 1. The summed E-state index contributed by atoms with van der Waals surface area (Å²) in [5, 5.41) is 16.6. The number of hydrogen-bond acceptors (Lipinski definition) is 6. The predicted molar refractivity (Wildman–Crippen MR) is 165 cm³/mol. The fourth-order valence-electron chi connectivity index (χ4n) is 5.88. The first-order chi connectivity index (χ1) is 20.5. The van der Waals surface area contributed by atoms with E-state index in [2.05, 4.69) is 5.32 Å². The summed E-state index contributed by atoms with van der Waals surface area (Å²) in [6.07, 6.45) is -0.514. The second-order valence-electron chi connectivity index (χ2n) is 11.3. The van der Waals surface area contributed by atoms with Gasteiger partial charge in [0, 0.05) is 40.7 Å². The Balaban J connectivity index is 1.51. The number of piperazine rings is 1. The number of halogens is 1. The summed E-state index contributed by atoms with van der Waals surface area (Å²) >= 11 is 6.43. The van der Waals surface area contributed by atoms with Crippen LogP contribution in [0.3, 0.4) is 0 Å². The van der Waals surface area contributed by atoms with Crippen LogP contribution in [0, 0.1) is 0 Å². The number of nitrogens with zero attached hydrogens (tertiary/aromatic N) is 5. The van der Waals surface area contributed by atoms with Crippen molar-refractivity contribution in [3.8, 4) is 5.75 Å². The summed E-state index contributed by atoms with van der Waals surface area (Å²) in [7, 11) is 5.52. The highest BCUT2D eigenvalue weighted by atomic mass is 35.5. The molecule has 226 valence electrons. The monoisotopic (exact) mass is 604 g/mol. The largest absolute Gasteiger partial charge is 0.508 e. The molecule has 43 heavy (non-hydrogen) atoms. The lowest BCUT2D eigenvalue weighted by molar-refractivity contribution is -0.196. The second kappa shape index (κ2) is 12.5. The highest BCUT2D eigenvalue weighted by Gasteiger charge is 2.54. The number of fused-ring (bicyclic) bond motifs is 1. The number of nitrogens with one attached hydrogen (secondary N) is 1. The maximum absolute atomic E-state index is 14.3. The van der Waals surface area contributed by atoms with Crippen LogP contribution in [0.1, 0.15) is 23.6 Å². The molecule has 0 aliphatic carbocycles. The van der Waals surface area contributed by atoms with E-state index in [1.165, 1.54) is 0 Å².